The molecule has 0 spiro atoms. The fourth-order valence-corrected chi connectivity index (χ4v) is 3.30. The highest BCUT2D eigenvalue weighted by Gasteiger charge is 2.18. The number of rotatable bonds is 3. The molecule has 1 aliphatic rings. The van der Waals surface area contributed by atoms with E-state index in [0.29, 0.717) is 18.5 Å². The maximum absolute atomic E-state index is 13.3. The molecule has 27 heavy (non-hydrogen) atoms. The zero-order chi connectivity index (χ0) is 19.0. The summed E-state index contributed by atoms with van der Waals surface area (Å²) in [6, 6.07) is 11.8. The minimum atomic E-state index is -0.298. The van der Waals surface area contributed by atoms with Gasteiger partial charge in [0, 0.05) is 40.5 Å². The minimum absolute atomic E-state index is 0.0167. The van der Waals surface area contributed by atoms with E-state index in [1.165, 1.54) is 18.2 Å². The van der Waals surface area contributed by atoms with Crippen LogP contribution in [0, 0.1) is 5.82 Å². The molecule has 6 heteroatoms. The first-order valence-electron chi connectivity index (χ1n) is 8.69. The van der Waals surface area contributed by atoms with Crippen molar-refractivity contribution in [2.75, 3.05) is 10.6 Å². The zero-order valence-corrected chi connectivity index (χ0v) is 14.7. The lowest BCUT2D eigenvalue weighted by molar-refractivity contribution is -0.116. The van der Waals surface area contributed by atoms with Gasteiger partial charge in [0.25, 0.3) is 0 Å². The lowest BCUT2D eigenvalue weighted by Gasteiger charge is -2.19. The zero-order valence-electron chi connectivity index (χ0n) is 14.7. The van der Waals surface area contributed by atoms with Gasteiger partial charge in [0.2, 0.25) is 11.8 Å². The van der Waals surface area contributed by atoms with Crippen LogP contribution in [0.15, 0.2) is 48.5 Å². The molecule has 0 saturated carbocycles. The van der Waals surface area contributed by atoms with Crippen LogP contribution in [-0.2, 0) is 16.0 Å². The van der Waals surface area contributed by atoms with E-state index in [0.717, 1.165) is 33.4 Å². The Balaban J connectivity index is 1.56. The maximum Gasteiger partial charge on any atom is 0.248 e. The summed E-state index contributed by atoms with van der Waals surface area (Å²) in [5.74, 6) is -0.576. The molecule has 136 valence electrons. The molecule has 0 atom stereocenters. The molecular formula is C21H18FN3O2. The van der Waals surface area contributed by atoms with E-state index in [1.807, 2.05) is 25.1 Å². The number of allylic oxidation sites excluding steroid dienone is 1. The SMILES string of the molecule is C/C(=C\C(=O)Nc1cccc2c1CCC(=O)N2)c1cc2cc(F)ccc2[nH]1. The van der Waals surface area contributed by atoms with Gasteiger partial charge in [0.05, 0.1) is 0 Å². The Kier molecular flexibility index (Phi) is 4.24. The van der Waals surface area contributed by atoms with Crippen LogP contribution in [0.5, 0.6) is 0 Å². The number of halogens is 1. The number of fused-ring (bicyclic) bond motifs is 2. The number of carbonyl (C=O) groups excluding carboxylic acids is 2. The fourth-order valence-electron chi connectivity index (χ4n) is 3.30. The first kappa shape index (κ1) is 17.0. The van der Waals surface area contributed by atoms with Crippen molar-refractivity contribution >= 4 is 39.7 Å². The summed E-state index contributed by atoms with van der Waals surface area (Å²) in [6.45, 7) is 1.82. The molecule has 3 aromatic rings. The van der Waals surface area contributed by atoms with E-state index in [1.54, 1.807) is 12.1 Å². The van der Waals surface area contributed by atoms with E-state index in [9.17, 15) is 14.0 Å². The molecule has 3 N–H and O–H groups in total. The fraction of sp³-hybridized carbons (Fsp3) is 0.143. The highest BCUT2D eigenvalue weighted by molar-refractivity contribution is 6.05. The molecule has 0 saturated heterocycles. The molecule has 2 amide bonds. The molecule has 0 unspecified atom stereocenters. The Morgan fingerprint density at radius 1 is 1.19 bits per heavy atom. The number of aromatic amines is 1. The first-order chi connectivity index (χ1) is 13.0. The smallest absolute Gasteiger partial charge is 0.248 e. The summed E-state index contributed by atoms with van der Waals surface area (Å²) in [6.07, 6.45) is 2.50. The lowest BCUT2D eigenvalue weighted by Crippen LogP contribution is -2.21. The second-order valence-corrected chi connectivity index (χ2v) is 6.61. The Labute approximate surface area is 155 Å². The molecule has 5 nitrogen and oxygen atoms in total. The van der Waals surface area contributed by atoms with Crippen molar-refractivity contribution in [1.82, 2.24) is 4.98 Å². The Hall–Kier alpha value is -3.41. The quantitative estimate of drug-likeness (QED) is 0.609. The van der Waals surface area contributed by atoms with Gasteiger partial charge >= 0.3 is 0 Å². The molecular weight excluding hydrogens is 345 g/mol. The normalized spacial score (nSPS) is 14.0. The van der Waals surface area contributed by atoms with Gasteiger partial charge in [-0.15, -0.1) is 0 Å². The number of nitrogens with one attached hydrogen (secondary N) is 3. The van der Waals surface area contributed by atoms with Crippen LogP contribution >= 0.6 is 0 Å². The van der Waals surface area contributed by atoms with E-state index in [2.05, 4.69) is 15.6 Å². The monoisotopic (exact) mass is 363 g/mol. The standard InChI is InChI=1S/C21H18FN3O2/c1-12(19-11-13-10-14(22)5-7-16(13)23-19)9-21(27)25-18-4-2-3-17-15(18)6-8-20(26)24-17/h2-5,7,9-11,23H,6,8H2,1H3,(H,24,26)(H,25,27)/b12-9+. The molecule has 2 heterocycles. The largest absolute Gasteiger partial charge is 0.355 e. The number of hydrogen-bond acceptors (Lipinski definition) is 2. The second-order valence-electron chi connectivity index (χ2n) is 6.61. The molecule has 0 radical (unpaired) electrons. The third kappa shape index (κ3) is 3.46. The number of H-pyrrole nitrogens is 1. The molecule has 1 aromatic heterocycles. The summed E-state index contributed by atoms with van der Waals surface area (Å²) in [4.78, 5) is 27.2. The van der Waals surface area contributed by atoms with E-state index >= 15 is 0 Å². The summed E-state index contributed by atoms with van der Waals surface area (Å²) >= 11 is 0. The third-order valence-corrected chi connectivity index (χ3v) is 4.67. The van der Waals surface area contributed by atoms with Crippen molar-refractivity contribution in [1.29, 1.82) is 0 Å². The maximum atomic E-state index is 13.3. The van der Waals surface area contributed by atoms with Gasteiger partial charge in [0.15, 0.2) is 0 Å². The average Bonchev–Trinajstić information content (AvgIpc) is 3.05. The Bertz CT molecular complexity index is 1100. The minimum Gasteiger partial charge on any atom is -0.355 e. The highest BCUT2D eigenvalue weighted by atomic mass is 19.1. The van der Waals surface area contributed by atoms with Crippen molar-refractivity contribution in [3.05, 3.63) is 65.6 Å². The van der Waals surface area contributed by atoms with Gasteiger partial charge in [-0.2, -0.15) is 0 Å². The van der Waals surface area contributed by atoms with Gasteiger partial charge in [-0.1, -0.05) is 6.07 Å². The van der Waals surface area contributed by atoms with Crippen LogP contribution in [0.3, 0.4) is 0 Å². The van der Waals surface area contributed by atoms with Crippen molar-refractivity contribution in [3.63, 3.8) is 0 Å². The van der Waals surface area contributed by atoms with E-state index < -0.39 is 0 Å². The third-order valence-electron chi connectivity index (χ3n) is 4.67. The average molecular weight is 363 g/mol. The first-order valence-corrected chi connectivity index (χ1v) is 8.69. The van der Waals surface area contributed by atoms with Gasteiger partial charge < -0.3 is 15.6 Å². The van der Waals surface area contributed by atoms with Crippen LogP contribution in [0.4, 0.5) is 15.8 Å². The van der Waals surface area contributed by atoms with Crippen LogP contribution < -0.4 is 10.6 Å². The summed E-state index contributed by atoms with van der Waals surface area (Å²) in [5.41, 5.74) is 4.67. The van der Waals surface area contributed by atoms with Crippen molar-refractivity contribution in [2.24, 2.45) is 0 Å². The molecule has 1 aliphatic heterocycles. The highest BCUT2D eigenvalue weighted by Crippen LogP contribution is 2.29. The molecule has 0 bridgehead atoms. The van der Waals surface area contributed by atoms with Crippen molar-refractivity contribution < 1.29 is 14.0 Å². The number of benzene rings is 2. The van der Waals surface area contributed by atoms with Gasteiger partial charge in [-0.05, 0) is 60.9 Å². The van der Waals surface area contributed by atoms with Gasteiger partial charge in [0.1, 0.15) is 5.82 Å². The van der Waals surface area contributed by atoms with E-state index in [4.69, 9.17) is 0 Å². The van der Waals surface area contributed by atoms with Gasteiger partial charge in [-0.3, -0.25) is 9.59 Å². The summed E-state index contributed by atoms with van der Waals surface area (Å²) < 4.78 is 13.3. The van der Waals surface area contributed by atoms with Crippen LogP contribution in [-0.4, -0.2) is 16.8 Å². The second kappa shape index (κ2) is 6.72. The predicted molar refractivity (Wildman–Crippen MR) is 104 cm³/mol. The molecule has 4 rings (SSSR count). The van der Waals surface area contributed by atoms with Crippen LogP contribution in [0.2, 0.25) is 0 Å². The Morgan fingerprint density at radius 3 is 2.89 bits per heavy atom. The number of anilines is 2. The molecule has 0 aliphatic carbocycles. The lowest BCUT2D eigenvalue weighted by atomic mass is 10.0. The molecule has 0 fully saturated rings. The molecule has 2 aromatic carbocycles. The number of hydrogen-bond donors (Lipinski definition) is 3. The van der Waals surface area contributed by atoms with Crippen LogP contribution in [0.1, 0.15) is 24.6 Å². The Morgan fingerprint density at radius 2 is 2.04 bits per heavy atom. The van der Waals surface area contributed by atoms with Crippen molar-refractivity contribution in [2.45, 2.75) is 19.8 Å². The number of aromatic nitrogens is 1. The van der Waals surface area contributed by atoms with Crippen LogP contribution in [0.25, 0.3) is 16.5 Å². The number of carbonyl (C=O) groups is 2. The van der Waals surface area contributed by atoms with Crippen molar-refractivity contribution in [3.8, 4) is 0 Å². The predicted octanol–water partition coefficient (Wildman–Crippen LogP) is 4.23. The summed E-state index contributed by atoms with van der Waals surface area (Å²) in [7, 11) is 0. The topological polar surface area (TPSA) is 74.0 Å². The van der Waals surface area contributed by atoms with E-state index in [-0.39, 0.29) is 17.6 Å². The van der Waals surface area contributed by atoms with Gasteiger partial charge in [-0.25, -0.2) is 4.39 Å². The summed E-state index contributed by atoms with van der Waals surface area (Å²) in [5, 5.41) is 6.46. The number of amides is 2.